The Morgan fingerprint density at radius 2 is 1.87 bits per heavy atom. The first-order valence-corrected chi connectivity index (χ1v) is 11.2. The molecule has 1 amide bonds. The van der Waals surface area contributed by atoms with Crippen LogP contribution in [0.15, 0.2) is 59.8 Å². The van der Waals surface area contributed by atoms with E-state index in [0.29, 0.717) is 29.4 Å². The van der Waals surface area contributed by atoms with E-state index in [1.165, 1.54) is 11.8 Å². The minimum absolute atomic E-state index is 0.181. The van der Waals surface area contributed by atoms with Crippen molar-refractivity contribution in [3.63, 3.8) is 0 Å². The van der Waals surface area contributed by atoms with E-state index in [4.69, 9.17) is 4.74 Å². The number of benzene rings is 2. The minimum atomic E-state index is -0.394. The predicted octanol–water partition coefficient (Wildman–Crippen LogP) is 4.19. The van der Waals surface area contributed by atoms with Crippen molar-refractivity contribution in [2.75, 3.05) is 17.7 Å². The highest BCUT2D eigenvalue weighted by atomic mass is 32.2. The van der Waals surface area contributed by atoms with Crippen molar-refractivity contribution in [3.05, 3.63) is 71.5 Å². The van der Waals surface area contributed by atoms with Crippen LogP contribution in [0.1, 0.15) is 42.0 Å². The normalized spacial score (nSPS) is 10.6. The topological polar surface area (TPSA) is 86.1 Å². The van der Waals surface area contributed by atoms with Gasteiger partial charge in [0, 0.05) is 18.7 Å². The van der Waals surface area contributed by atoms with Crippen molar-refractivity contribution in [1.29, 1.82) is 0 Å². The summed E-state index contributed by atoms with van der Waals surface area (Å²) in [6.45, 7) is 5.06. The molecule has 0 atom stereocenters. The molecule has 1 heterocycles. The van der Waals surface area contributed by atoms with E-state index in [-0.39, 0.29) is 11.7 Å². The number of aromatic nitrogens is 3. The number of nitrogens with zero attached hydrogens (tertiary/aromatic N) is 3. The van der Waals surface area contributed by atoms with Gasteiger partial charge in [0.05, 0.1) is 17.9 Å². The van der Waals surface area contributed by atoms with Gasteiger partial charge in [0.2, 0.25) is 5.91 Å². The lowest BCUT2D eigenvalue weighted by atomic mass is 10.1. The van der Waals surface area contributed by atoms with E-state index in [1.807, 2.05) is 36.6 Å². The van der Waals surface area contributed by atoms with Gasteiger partial charge in [-0.15, -0.1) is 10.2 Å². The summed E-state index contributed by atoms with van der Waals surface area (Å²) in [6.07, 6.45) is 1.45. The molecule has 0 saturated carbocycles. The third-order valence-electron chi connectivity index (χ3n) is 4.47. The summed E-state index contributed by atoms with van der Waals surface area (Å²) in [5, 5.41) is 12.1. The summed E-state index contributed by atoms with van der Waals surface area (Å²) in [6, 6.07) is 16.8. The number of anilines is 1. The maximum Gasteiger partial charge on any atom is 0.338 e. The van der Waals surface area contributed by atoms with Crippen molar-refractivity contribution >= 4 is 29.3 Å². The van der Waals surface area contributed by atoms with Gasteiger partial charge in [0.25, 0.3) is 0 Å². The Hall–Kier alpha value is -3.13. The maximum absolute atomic E-state index is 12.4. The molecular formula is C23H26N4O3S. The van der Waals surface area contributed by atoms with Crippen molar-refractivity contribution in [2.45, 2.75) is 38.4 Å². The summed E-state index contributed by atoms with van der Waals surface area (Å²) >= 11 is 1.34. The number of hydrogen-bond donors (Lipinski definition) is 1. The molecule has 0 radical (unpaired) electrons. The first-order chi connectivity index (χ1) is 15.1. The van der Waals surface area contributed by atoms with Crippen molar-refractivity contribution in [1.82, 2.24) is 14.8 Å². The Kier molecular flexibility index (Phi) is 8.23. The summed E-state index contributed by atoms with van der Waals surface area (Å²) < 4.78 is 7.16. The van der Waals surface area contributed by atoms with Gasteiger partial charge in [-0.3, -0.25) is 4.79 Å². The fourth-order valence-corrected chi connectivity index (χ4v) is 3.80. The zero-order chi connectivity index (χ0) is 22.1. The fourth-order valence-electron chi connectivity index (χ4n) is 2.98. The first kappa shape index (κ1) is 22.6. The molecule has 1 N–H and O–H groups in total. The molecule has 3 rings (SSSR count). The van der Waals surface area contributed by atoms with Crippen LogP contribution in [0.3, 0.4) is 0 Å². The molecule has 0 bridgehead atoms. The van der Waals surface area contributed by atoms with Crippen LogP contribution in [0.25, 0.3) is 0 Å². The van der Waals surface area contributed by atoms with Crippen molar-refractivity contribution < 1.29 is 14.3 Å². The maximum atomic E-state index is 12.4. The number of carbonyl (C=O) groups excluding carboxylic acids is 2. The smallest absolute Gasteiger partial charge is 0.338 e. The van der Waals surface area contributed by atoms with E-state index in [1.54, 1.807) is 24.3 Å². The highest BCUT2D eigenvalue weighted by Crippen LogP contribution is 2.20. The van der Waals surface area contributed by atoms with Crippen LogP contribution in [0.2, 0.25) is 0 Å². The third-order valence-corrected chi connectivity index (χ3v) is 5.43. The number of ether oxygens (including phenoxy) is 1. The van der Waals surface area contributed by atoms with E-state index in [0.717, 1.165) is 24.4 Å². The first-order valence-electron chi connectivity index (χ1n) is 10.3. The van der Waals surface area contributed by atoms with Crippen LogP contribution in [-0.2, 0) is 22.5 Å². The molecule has 8 heteroatoms. The number of rotatable bonds is 10. The van der Waals surface area contributed by atoms with Crippen molar-refractivity contribution in [2.24, 2.45) is 0 Å². The summed E-state index contributed by atoms with van der Waals surface area (Å²) in [7, 11) is 0. The standard InChI is InChI=1S/C23H26N4O3S/c1-3-13-30-22(29)18-11-8-12-19(15-18)24-21(28)16-31-23-26-25-20(27(23)4-2)14-17-9-6-5-7-10-17/h5-12,15H,3-4,13-14,16H2,1-2H3,(H,24,28). The van der Waals surface area contributed by atoms with E-state index < -0.39 is 5.97 Å². The molecule has 0 spiro atoms. The summed E-state index contributed by atoms with van der Waals surface area (Å²) in [5.41, 5.74) is 2.13. The highest BCUT2D eigenvalue weighted by Gasteiger charge is 2.14. The number of esters is 1. The molecule has 0 unspecified atom stereocenters. The Bertz CT molecular complexity index is 1020. The molecule has 31 heavy (non-hydrogen) atoms. The average molecular weight is 439 g/mol. The second-order valence-electron chi connectivity index (χ2n) is 6.86. The van der Waals surface area contributed by atoms with Crippen LogP contribution in [0.4, 0.5) is 5.69 Å². The number of thioether (sulfide) groups is 1. The largest absolute Gasteiger partial charge is 0.462 e. The Balaban J connectivity index is 1.58. The van der Waals surface area contributed by atoms with Crippen LogP contribution in [-0.4, -0.2) is 39.0 Å². The van der Waals surface area contributed by atoms with Gasteiger partial charge in [0.1, 0.15) is 5.82 Å². The number of amides is 1. The van der Waals surface area contributed by atoms with Gasteiger partial charge in [-0.05, 0) is 37.1 Å². The van der Waals surface area contributed by atoms with Gasteiger partial charge in [-0.25, -0.2) is 4.79 Å². The van der Waals surface area contributed by atoms with E-state index >= 15 is 0 Å². The number of hydrogen-bond acceptors (Lipinski definition) is 6. The summed E-state index contributed by atoms with van der Waals surface area (Å²) in [5.74, 6) is 0.483. The molecule has 0 aliphatic rings. The third kappa shape index (κ3) is 6.42. The molecule has 0 aliphatic heterocycles. The molecular weight excluding hydrogens is 412 g/mol. The lowest BCUT2D eigenvalue weighted by molar-refractivity contribution is -0.113. The SMILES string of the molecule is CCCOC(=O)c1cccc(NC(=O)CSc2nnc(Cc3ccccc3)n2CC)c1. The predicted molar refractivity (Wildman–Crippen MR) is 121 cm³/mol. The van der Waals surface area contributed by atoms with E-state index in [2.05, 4.69) is 27.6 Å². The lowest BCUT2D eigenvalue weighted by Crippen LogP contribution is -2.15. The zero-order valence-corrected chi connectivity index (χ0v) is 18.5. The van der Waals surface area contributed by atoms with Gasteiger partial charge in [-0.2, -0.15) is 0 Å². The summed E-state index contributed by atoms with van der Waals surface area (Å²) in [4.78, 5) is 24.4. The highest BCUT2D eigenvalue weighted by molar-refractivity contribution is 7.99. The molecule has 162 valence electrons. The fraction of sp³-hybridized carbons (Fsp3) is 0.304. The van der Waals surface area contributed by atoms with Crippen molar-refractivity contribution in [3.8, 4) is 0 Å². The molecule has 1 aromatic heterocycles. The van der Waals surface area contributed by atoms with Crippen LogP contribution >= 0.6 is 11.8 Å². The monoisotopic (exact) mass is 438 g/mol. The molecule has 7 nitrogen and oxygen atoms in total. The second kappa shape index (κ2) is 11.3. The zero-order valence-electron chi connectivity index (χ0n) is 17.7. The molecule has 0 fully saturated rings. The van der Waals surface area contributed by atoms with Gasteiger partial charge in [-0.1, -0.05) is 55.1 Å². The molecule has 3 aromatic rings. The molecule has 0 saturated heterocycles. The minimum Gasteiger partial charge on any atom is -0.462 e. The van der Waals surface area contributed by atoms with Gasteiger partial charge in [0.15, 0.2) is 5.16 Å². The Morgan fingerprint density at radius 1 is 1.06 bits per heavy atom. The molecule has 2 aromatic carbocycles. The molecule has 0 aliphatic carbocycles. The van der Waals surface area contributed by atoms with Gasteiger partial charge >= 0.3 is 5.97 Å². The van der Waals surface area contributed by atoms with E-state index in [9.17, 15) is 9.59 Å². The van der Waals surface area contributed by atoms with Crippen LogP contribution in [0.5, 0.6) is 0 Å². The average Bonchev–Trinajstić information content (AvgIpc) is 3.18. The number of nitrogens with one attached hydrogen (secondary N) is 1. The second-order valence-corrected chi connectivity index (χ2v) is 7.80. The Labute approximate surface area is 186 Å². The van der Waals surface area contributed by atoms with Crippen LogP contribution in [0, 0.1) is 0 Å². The van der Waals surface area contributed by atoms with Crippen LogP contribution < -0.4 is 5.32 Å². The van der Waals surface area contributed by atoms with Gasteiger partial charge < -0.3 is 14.6 Å². The number of carbonyl (C=O) groups is 2. The quantitative estimate of drug-likeness (QED) is 0.377. The lowest BCUT2D eigenvalue weighted by Gasteiger charge is -2.09. The Morgan fingerprint density at radius 3 is 2.61 bits per heavy atom.